The summed E-state index contributed by atoms with van der Waals surface area (Å²) in [4.78, 5) is 8.92. The monoisotopic (exact) mass is 696 g/mol. The maximum absolute atomic E-state index is 14.4. The quantitative estimate of drug-likeness (QED) is 0.266. The van der Waals surface area contributed by atoms with Crippen LogP contribution in [0.4, 0.5) is 26.3 Å². The smallest absolute Gasteiger partial charge is 0.383 e. The first-order valence-corrected chi connectivity index (χ1v) is 18.0. The second-order valence-electron chi connectivity index (χ2n) is 14.0. The molecule has 10 heteroatoms. The molecule has 2 aromatic carbocycles. The van der Waals surface area contributed by atoms with Crippen LogP contribution in [0.25, 0.3) is 11.1 Å². The van der Waals surface area contributed by atoms with Gasteiger partial charge in [-0.2, -0.15) is 13.2 Å². The zero-order valence-electron chi connectivity index (χ0n) is 28.6. The summed E-state index contributed by atoms with van der Waals surface area (Å²) in [5.41, 5.74) is 9.63. The average molecular weight is 697 g/mol. The van der Waals surface area contributed by atoms with Gasteiger partial charge in [0.05, 0.1) is 5.56 Å². The van der Waals surface area contributed by atoms with Crippen LogP contribution in [-0.4, -0.2) is 35.3 Å². The van der Waals surface area contributed by atoms with Gasteiger partial charge in [0.15, 0.2) is 11.6 Å². The summed E-state index contributed by atoms with van der Waals surface area (Å²) in [6, 6.07) is 7.17. The Morgan fingerprint density at radius 1 is 0.900 bits per heavy atom. The highest BCUT2D eigenvalue weighted by Crippen LogP contribution is 2.42. The van der Waals surface area contributed by atoms with Gasteiger partial charge in [-0.1, -0.05) is 56.9 Å². The third kappa shape index (κ3) is 8.00. The number of amidine groups is 1. The molecule has 268 valence electrons. The minimum Gasteiger partial charge on any atom is -0.383 e. The zero-order valence-corrected chi connectivity index (χ0v) is 28.6. The number of hydrogen-bond acceptors (Lipinski definition) is 4. The van der Waals surface area contributed by atoms with Crippen LogP contribution in [0, 0.1) is 35.2 Å². The Kier molecular flexibility index (Phi) is 11.1. The van der Waals surface area contributed by atoms with E-state index in [-0.39, 0.29) is 17.7 Å². The minimum atomic E-state index is -4.78. The van der Waals surface area contributed by atoms with Gasteiger partial charge in [0.25, 0.3) is 0 Å². The summed E-state index contributed by atoms with van der Waals surface area (Å²) in [7, 11) is 0. The van der Waals surface area contributed by atoms with Gasteiger partial charge in [-0.25, -0.2) is 18.2 Å². The number of hydrogen-bond donors (Lipinski definition) is 1. The highest BCUT2D eigenvalue weighted by molar-refractivity contribution is 6.23. The second-order valence-corrected chi connectivity index (χ2v) is 14.0. The Morgan fingerprint density at radius 3 is 2.32 bits per heavy atom. The third-order valence-electron chi connectivity index (χ3n) is 10.8. The zero-order chi connectivity index (χ0) is 35.4. The Morgan fingerprint density at radius 2 is 1.62 bits per heavy atom. The molecule has 3 aliphatic heterocycles. The SMILES string of the molecule is CCC1C=C(C2CCN(C3=C(c4ccc(F)c(F)c4)C(N)=NC=CCC3)CC2)N(CCCC2CCCC2)C=C1c1ccc(F)c(C(F)(F)F)c1. The fourth-order valence-corrected chi connectivity index (χ4v) is 8.18. The van der Waals surface area contributed by atoms with Crippen molar-refractivity contribution in [2.75, 3.05) is 19.6 Å². The van der Waals surface area contributed by atoms with Crippen LogP contribution in [0.15, 0.2) is 77.3 Å². The Labute approximate surface area is 291 Å². The second kappa shape index (κ2) is 15.5. The molecule has 1 aliphatic carbocycles. The van der Waals surface area contributed by atoms with Gasteiger partial charge >= 0.3 is 6.18 Å². The molecule has 1 unspecified atom stereocenters. The predicted molar refractivity (Wildman–Crippen MR) is 187 cm³/mol. The molecule has 50 heavy (non-hydrogen) atoms. The summed E-state index contributed by atoms with van der Waals surface area (Å²) >= 11 is 0. The average Bonchev–Trinajstić information content (AvgIpc) is 3.61. The molecule has 2 fully saturated rings. The van der Waals surface area contributed by atoms with Gasteiger partial charge < -0.3 is 15.5 Å². The number of halogens is 6. The van der Waals surface area contributed by atoms with E-state index < -0.39 is 29.2 Å². The number of nitrogens with zero attached hydrogens (tertiary/aromatic N) is 3. The number of alkyl halides is 3. The van der Waals surface area contributed by atoms with Crippen LogP contribution in [-0.2, 0) is 6.18 Å². The highest BCUT2D eigenvalue weighted by Gasteiger charge is 2.36. The van der Waals surface area contributed by atoms with Crippen molar-refractivity contribution in [3.05, 3.63) is 106 Å². The normalized spacial score (nSPS) is 21.3. The van der Waals surface area contributed by atoms with E-state index >= 15 is 0 Å². The van der Waals surface area contributed by atoms with E-state index in [1.54, 1.807) is 6.20 Å². The fraction of sp³-hybridized carbons (Fsp3) is 0.475. The lowest BCUT2D eigenvalue weighted by Gasteiger charge is -2.42. The summed E-state index contributed by atoms with van der Waals surface area (Å²) in [5.74, 6) is -2.05. The van der Waals surface area contributed by atoms with Gasteiger partial charge in [0.1, 0.15) is 11.7 Å². The maximum Gasteiger partial charge on any atom is 0.419 e. The topological polar surface area (TPSA) is 44.9 Å². The molecule has 0 amide bonds. The van der Waals surface area contributed by atoms with Crippen LogP contribution in [0.2, 0.25) is 0 Å². The molecule has 1 saturated heterocycles. The Hall–Kier alpha value is -3.95. The highest BCUT2D eigenvalue weighted by atomic mass is 19.4. The minimum absolute atomic E-state index is 0.114. The molecule has 1 saturated carbocycles. The molecular weight excluding hydrogens is 650 g/mol. The van der Waals surface area contributed by atoms with E-state index in [1.165, 1.54) is 49.6 Å². The summed E-state index contributed by atoms with van der Waals surface area (Å²) < 4.78 is 83.7. The number of nitrogens with two attached hydrogens (primary N) is 1. The molecule has 0 radical (unpaired) electrons. The summed E-state index contributed by atoms with van der Waals surface area (Å²) in [6.45, 7) is 4.23. The molecular formula is C40H46F6N4. The first kappa shape index (κ1) is 35.9. The van der Waals surface area contributed by atoms with Crippen molar-refractivity contribution in [1.29, 1.82) is 0 Å². The summed E-state index contributed by atoms with van der Waals surface area (Å²) in [6.07, 6.45) is 14.0. The number of aliphatic imine (C=N–C) groups is 1. The Balaban J connectivity index is 1.27. The number of benzene rings is 2. The van der Waals surface area contributed by atoms with Crippen LogP contribution in [0.5, 0.6) is 0 Å². The summed E-state index contributed by atoms with van der Waals surface area (Å²) in [5, 5.41) is 0. The molecule has 0 aromatic heterocycles. The van der Waals surface area contributed by atoms with Crippen LogP contribution in [0.3, 0.4) is 0 Å². The lowest BCUT2D eigenvalue weighted by atomic mass is 9.82. The number of piperidine rings is 1. The third-order valence-corrected chi connectivity index (χ3v) is 10.8. The number of allylic oxidation sites excluding steroid dienone is 5. The maximum atomic E-state index is 14.4. The molecule has 1 atom stereocenters. The number of likely N-dealkylation sites (tertiary alicyclic amines) is 1. The van der Waals surface area contributed by atoms with Crippen LogP contribution >= 0.6 is 0 Å². The molecule has 6 rings (SSSR count). The Bertz CT molecular complexity index is 1690. The molecule has 3 heterocycles. The van der Waals surface area contributed by atoms with Crippen molar-refractivity contribution in [2.24, 2.45) is 28.5 Å². The lowest BCUT2D eigenvalue weighted by Crippen LogP contribution is -2.38. The first-order valence-electron chi connectivity index (χ1n) is 18.0. The molecule has 4 aliphatic rings. The van der Waals surface area contributed by atoms with E-state index in [0.717, 1.165) is 87.1 Å². The van der Waals surface area contributed by atoms with Gasteiger partial charge in [0.2, 0.25) is 0 Å². The standard InChI is InChI=1S/C40H46F6N4/c1-2-27-24-37(50(19-7-10-26-8-3-4-9-26)25-31(27)29-12-14-33(41)32(22-29)40(44,45)46)28-16-20-49(21-17-28)36-11-5-6-18-48-39(47)38(36)30-13-15-34(42)35(43)23-30/h6,12-15,18,22-28H,2-5,7-11,16-17,19-21H2,1H3,(H2,47,48). The number of rotatable bonds is 9. The van der Waals surface area contributed by atoms with Crippen molar-refractivity contribution in [2.45, 2.75) is 83.7 Å². The van der Waals surface area contributed by atoms with E-state index in [9.17, 15) is 26.3 Å². The van der Waals surface area contributed by atoms with Gasteiger partial charge in [-0.3, -0.25) is 0 Å². The molecule has 0 spiro atoms. The van der Waals surface area contributed by atoms with E-state index in [0.29, 0.717) is 29.5 Å². The van der Waals surface area contributed by atoms with Gasteiger partial charge in [0, 0.05) is 60.8 Å². The predicted octanol–water partition coefficient (Wildman–Crippen LogP) is 10.4. The van der Waals surface area contributed by atoms with Crippen LogP contribution < -0.4 is 5.73 Å². The van der Waals surface area contributed by atoms with Crippen molar-refractivity contribution < 1.29 is 26.3 Å². The van der Waals surface area contributed by atoms with Crippen molar-refractivity contribution >= 4 is 17.0 Å². The van der Waals surface area contributed by atoms with Crippen molar-refractivity contribution in [3.8, 4) is 0 Å². The van der Waals surface area contributed by atoms with E-state index in [1.807, 2.05) is 19.2 Å². The molecule has 0 bridgehead atoms. The van der Waals surface area contributed by atoms with E-state index in [2.05, 4.69) is 20.9 Å². The van der Waals surface area contributed by atoms with Gasteiger partial charge in [-0.05, 0) is 91.8 Å². The van der Waals surface area contributed by atoms with Crippen molar-refractivity contribution in [3.63, 3.8) is 0 Å². The molecule has 4 nitrogen and oxygen atoms in total. The lowest BCUT2D eigenvalue weighted by molar-refractivity contribution is -0.140. The molecule has 2 N–H and O–H groups in total. The van der Waals surface area contributed by atoms with E-state index in [4.69, 9.17) is 5.73 Å². The van der Waals surface area contributed by atoms with Gasteiger partial charge in [-0.15, -0.1) is 0 Å². The van der Waals surface area contributed by atoms with Crippen molar-refractivity contribution in [1.82, 2.24) is 9.80 Å². The largest absolute Gasteiger partial charge is 0.419 e. The van der Waals surface area contributed by atoms with Crippen LogP contribution in [0.1, 0.15) is 94.2 Å². The first-order chi connectivity index (χ1) is 24.0. The molecule has 2 aromatic rings. The fourth-order valence-electron chi connectivity index (χ4n) is 8.18.